The topological polar surface area (TPSA) is 74.8 Å². The Bertz CT molecular complexity index is 4210. The summed E-state index contributed by atoms with van der Waals surface area (Å²) in [7, 11) is 0. The van der Waals surface area contributed by atoms with Gasteiger partial charge in [-0.05, 0) is 243 Å². The van der Waals surface area contributed by atoms with Crippen molar-refractivity contribution in [3.8, 4) is 0 Å². The van der Waals surface area contributed by atoms with Gasteiger partial charge in [0.2, 0.25) is 0 Å². The summed E-state index contributed by atoms with van der Waals surface area (Å²) in [6, 6.07) is 54.7. The summed E-state index contributed by atoms with van der Waals surface area (Å²) >= 11 is 0. The van der Waals surface area contributed by atoms with E-state index in [1.807, 2.05) is 60.7 Å². The molecule has 0 spiro atoms. The van der Waals surface area contributed by atoms with Gasteiger partial charge in [0.05, 0.1) is 33.6 Å². The minimum Gasteiger partial charge on any atom is -0.268 e. The van der Waals surface area contributed by atoms with Gasteiger partial charge in [0, 0.05) is 10.8 Å². The van der Waals surface area contributed by atoms with Crippen molar-refractivity contribution in [3.63, 3.8) is 0 Å². The van der Waals surface area contributed by atoms with Crippen molar-refractivity contribution in [2.45, 2.75) is 184 Å². The molecule has 0 fully saturated rings. The van der Waals surface area contributed by atoms with Gasteiger partial charge in [0.25, 0.3) is 23.6 Å². The number of carbonyl (C=O) groups excluding carboxylic acids is 4. The zero-order valence-electron chi connectivity index (χ0n) is 58.0. The van der Waals surface area contributed by atoms with Gasteiger partial charge in [-0.1, -0.05) is 220 Å². The standard InChI is InChI=1S/C88H90N2O4/c1-47(2)61-31-23-32-62(48(3)4)69(61)39-55-43-73-74-44-57(41-71-65(51(9)10)35-25-36-66(71)52(11)12)79-84-80(88(94)90(87(79)93)60-29-21-18-22-30-60)58(42-72-67(53(13)14)37-26-38-68(72)54(15)16)46-76(82(74)84)75-45-56(40-70-63(49(5)6)33-24-34-64(70)50(7)8)78-83(81(73)75)77(55)85(91)89(86(78)92)59-27-19-17-20-28-59/h17-38,43-54H,39-42H2,1-16H3. The van der Waals surface area contributed by atoms with Gasteiger partial charge < -0.3 is 0 Å². The minimum atomic E-state index is -0.348. The third-order valence-electron chi connectivity index (χ3n) is 20.9. The van der Waals surface area contributed by atoms with Crippen molar-refractivity contribution < 1.29 is 19.2 Å². The van der Waals surface area contributed by atoms with Crippen molar-refractivity contribution in [3.05, 3.63) is 269 Å². The van der Waals surface area contributed by atoms with E-state index in [0.29, 0.717) is 70.1 Å². The van der Waals surface area contributed by atoms with Gasteiger partial charge in [-0.2, -0.15) is 0 Å². The fourth-order valence-corrected chi connectivity index (χ4v) is 16.5. The molecular formula is C88H90N2O4. The lowest BCUT2D eigenvalue weighted by Crippen LogP contribution is -2.42. The van der Waals surface area contributed by atoms with Crippen LogP contribution in [0.2, 0.25) is 0 Å². The van der Waals surface area contributed by atoms with E-state index in [2.05, 4.69) is 208 Å². The molecule has 2 heterocycles. The summed E-state index contributed by atoms with van der Waals surface area (Å²) in [5.74, 6) is -0.0145. The third kappa shape index (κ3) is 10.5. The second-order valence-corrected chi connectivity index (χ2v) is 29.5. The predicted molar refractivity (Wildman–Crippen MR) is 393 cm³/mol. The summed E-state index contributed by atoms with van der Waals surface area (Å²) in [6.07, 6.45) is 1.71. The highest BCUT2D eigenvalue weighted by Crippen LogP contribution is 2.53. The van der Waals surface area contributed by atoms with Crippen molar-refractivity contribution in [1.29, 1.82) is 0 Å². The Morgan fingerprint density at radius 3 is 0.617 bits per heavy atom. The highest BCUT2D eigenvalue weighted by Gasteiger charge is 2.43. The Labute approximate surface area is 556 Å². The highest BCUT2D eigenvalue weighted by molar-refractivity contribution is 6.46. The Kier molecular flexibility index (Phi) is 16.8. The Balaban J connectivity index is 1.29. The third-order valence-corrected chi connectivity index (χ3v) is 20.9. The largest absolute Gasteiger partial charge is 0.268 e. The van der Waals surface area contributed by atoms with Crippen LogP contribution in [0.3, 0.4) is 0 Å². The van der Waals surface area contributed by atoms with Crippen LogP contribution in [0.5, 0.6) is 0 Å². The fourth-order valence-electron chi connectivity index (χ4n) is 16.5. The molecule has 11 aromatic rings. The van der Waals surface area contributed by atoms with Crippen LogP contribution in [0, 0.1) is 0 Å². The van der Waals surface area contributed by atoms with E-state index in [1.54, 1.807) is 0 Å². The molecule has 2 aliphatic rings. The van der Waals surface area contributed by atoms with Crippen LogP contribution in [0.25, 0.3) is 43.1 Å². The lowest BCUT2D eigenvalue weighted by atomic mass is 9.74. The summed E-state index contributed by atoms with van der Waals surface area (Å²) in [4.78, 5) is 69.4. The normalized spacial score (nSPS) is 13.7. The van der Waals surface area contributed by atoms with Crippen LogP contribution in [-0.2, 0) is 25.7 Å². The number of amides is 4. The van der Waals surface area contributed by atoms with E-state index in [1.165, 1.54) is 76.6 Å². The molecule has 11 aromatic carbocycles. The van der Waals surface area contributed by atoms with Crippen LogP contribution in [0.1, 0.15) is 289 Å². The summed E-state index contributed by atoms with van der Waals surface area (Å²) in [6.45, 7) is 35.9. The molecule has 2 aliphatic heterocycles. The zero-order valence-corrected chi connectivity index (χ0v) is 58.0. The highest BCUT2D eigenvalue weighted by atomic mass is 16.2. The molecule has 0 atom stereocenters. The molecule has 6 heteroatoms. The van der Waals surface area contributed by atoms with E-state index in [0.717, 1.165) is 54.6 Å². The maximum absolute atomic E-state index is 16.6. The van der Waals surface area contributed by atoms with Crippen molar-refractivity contribution in [2.24, 2.45) is 0 Å². The maximum Gasteiger partial charge on any atom is 0.266 e. The molecule has 476 valence electrons. The number of nitrogens with zero attached hydrogens (tertiary/aromatic N) is 2. The molecule has 0 aromatic heterocycles. The molecule has 0 aliphatic carbocycles. The molecule has 4 amide bonds. The monoisotopic (exact) mass is 1240 g/mol. The number of para-hydroxylation sites is 2. The number of hydrogen-bond donors (Lipinski definition) is 0. The summed E-state index contributed by atoms with van der Waals surface area (Å²) in [5, 5.41) is 6.60. The van der Waals surface area contributed by atoms with E-state index >= 15 is 19.2 Å². The minimum absolute atomic E-state index is 0.172. The first-order chi connectivity index (χ1) is 45.0. The quantitative estimate of drug-likeness (QED) is 0.0487. The molecule has 0 bridgehead atoms. The SMILES string of the molecule is CC(C)c1cccc(C(C)C)c1Cc1cc2c3cc(Cc4c(C(C)C)cccc4C(C)C)c4c5c(c(Cc6c(C(C)C)cccc6C(C)C)cc(c6cc(Cc7c(C(C)C)cccc7C(C)C)c7c(c1C(=O)N(c1ccccc1)C7=O)c26)c53)C(=O)N(c1ccccc1)C4=O. The molecule has 0 unspecified atom stereocenters. The summed E-state index contributed by atoms with van der Waals surface area (Å²) < 4.78 is 0. The molecule has 0 saturated heterocycles. The lowest BCUT2D eigenvalue weighted by Gasteiger charge is -2.34. The first-order valence-corrected chi connectivity index (χ1v) is 34.6. The maximum atomic E-state index is 16.6. The smallest absolute Gasteiger partial charge is 0.266 e. The van der Waals surface area contributed by atoms with Gasteiger partial charge in [-0.25, -0.2) is 9.80 Å². The van der Waals surface area contributed by atoms with Gasteiger partial charge in [-0.15, -0.1) is 0 Å². The predicted octanol–water partition coefficient (Wildman–Crippen LogP) is 22.7. The molecular weight excluding hydrogens is 1150 g/mol. The molecule has 0 saturated carbocycles. The molecule has 94 heavy (non-hydrogen) atoms. The number of fused-ring (bicyclic) bond motifs is 2. The average Bonchev–Trinajstić information content (AvgIpc) is 0.675. The number of carbonyl (C=O) groups is 4. The molecule has 0 radical (unpaired) electrons. The van der Waals surface area contributed by atoms with Crippen LogP contribution >= 0.6 is 0 Å². The van der Waals surface area contributed by atoms with Gasteiger partial charge in [0.1, 0.15) is 0 Å². The van der Waals surface area contributed by atoms with E-state index in [9.17, 15) is 0 Å². The molecule has 6 nitrogen and oxygen atoms in total. The van der Waals surface area contributed by atoms with Crippen molar-refractivity contribution in [1.82, 2.24) is 0 Å². The second kappa shape index (κ2) is 24.7. The van der Waals surface area contributed by atoms with Crippen LogP contribution in [0.15, 0.2) is 158 Å². The van der Waals surface area contributed by atoms with E-state index < -0.39 is 0 Å². The van der Waals surface area contributed by atoms with Crippen LogP contribution in [-0.4, -0.2) is 23.6 Å². The van der Waals surface area contributed by atoms with Gasteiger partial charge >= 0.3 is 0 Å². The number of imide groups is 2. The first kappa shape index (κ1) is 63.7. The number of hydrogen-bond acceptors (Lipinski definition) is 4. The van der Waals surface area contributed by atoms with Crippen molar-refractivity contribution >= 4 is 78.1 Å². The first-order valence-electron chi connectivity index (χ1n) is 34.6. The Morgan fingerprint density at radius 1 is 0.245 bits per heavy atom. The average molecular weight is 1240 g/mol. The van der Waals surface area contributed by atoms with Crippen molar-refractivity contribution in [2.75, 3.05) is 9.80 Å². The fraction of sp³-hybridized carbons (Fsp3) is 0.318. The second-order valence-electron chi connectivity index (χ2n) is 29.5. The number of anilines is 2. The Morgan fingerprint density at radius 2 is 0.436 bits per heavy atom. The van der Waals surface area contributed by atoms with Gasteiger partial charge in [-0.3, -0.25) is 19.2 Å². The number of benzene rings is 11. The van der Waals surface area contributed by atoms with Crippen LogP contribution < -0.4 is 9.80 Å². The summed E-state index contributed by atoms with van der Waals surface area (Å²) in [5.41, 5.74) is 21.0. The van der Waals surface area contributed by atoms with Crippen LogP contribution in [0.4, 0.5) is 11.4 Å². The van der Waals surface area contributed by atoms with E-state index in [-0.39, 0.29) is 71.0 Å². The number of rotatable bonds is 18. The lowest BCUT2D eigenvalue weighted by molar-refractivity contribution is 0.0876. The Hall–Kier alpha value is -9.00. The molecule has 13 rings (SSSR count). The van der Waals surface area contributed by atoms with E-state index in [4.69, 9.17) is 0 Å². The zero-order chi connectivity index (χ0) is 66.6. The molecule has 0 N–H and O–H groups in total. The van der Waals surface area contributed by atoms with Gasteiger partial charge in [0.15, 0.2) is 0 Å².